The van der Waals surface area contributed by atoms with Gasteiger partial charge in [0.2, 0.25) is 0 Å². The molecule has 0 aromatic carbocycles. The van der Waals surface area contributed by atoms with Crippen LogP contribution in [0.25, 0.3) is 0 Å². The second-order valence-corrected chi connectivity index (χ2v) is 4.00. The lowest BCUT2D eigenvalue weighted by molar-refractivity contribution is -0.404. The molecule has 1 heterocycles. The number of halogens is 2. The SMILES string of the molecule is FC1(F)OC2C3CCC(C3)C21. The van der Waals surface area contributed by atoms with E-state index >= 15 is 0 Å². The summed E-state index contributed by atoms with van der Waals surface area (Å²) >= 11 is 0. The van der Waals surface area contributed by atoms with Gasteiger partial charge in [-0.05, 0) is 31.1 Å². The summed E-state index contributed by atoms with van der Waals surface area (Å²) in [7, 11) is 0. The van der Waals surface area contributed by atoms with Crippen LogP contribution in [-0.4, -0.2) is 12.2 Å². The maximum Gasteiger partial charge on any atom is 0.361 e. The van der Waals surface area contributed by atoms with Crippen LogP contribution in [0, 0.1) is 17.8 Å². The van der Waals surface area contributed by atoms with Crippen LogP contribution in [0.3, 0.4) is 0 Å². The molecule has 0 aromatic heterocycles. The lowest BCUT2D eigenvalue weighted by Crippen LogP contribution is -2.57. The van der Waals surface area contributed by atoms with E-state index in [-0.39, 0.29) is 12.0 Å². The van der Waals surface area contributed by atoms with Gasteiger partial charge in [-0.25, -0.2) is 0 Å². The number of hydrogen-bond acceptors (Lipinski definition) is 1. The van der Waals surface area contributed by atoms with Gasteiger partial charge >= 0.3 is 6.11 Å². The molecular weight excluding hydrogens is 150 g/mol. The number of rotatable bonds is 0. The van der Waals surface area contributed by atoms with Gasteiger partial charge in [-0.3, -0.25) is 0 Å². The molecule has 2 saturated carbocycles. The number of fused-ring (bicyclic) bond motifs is 5. The Kier molecular flexibility index (Phi) is 0.926. The molecule has 1 saturated heterocycles. The summed E-state index contributed by atoms with van der Waals surface area (Å²) in [6, 6.07) is 0. The molecule has 62 valence electrons. The molecule has 11 heavy (non-hydrogen) atoms. The van der Waals surface area contributed by atoms with Crippen LogP contribution in [0.2, 0.25) is 0 Å². The van der Waals surface area contributed by atoms with Gasteiger partial charge in [0.25, 0.3) is 0 Å². The van der Waals surface area contributed by atoms with Gasteiger partial charge < -0.3 is 4.74 Å². The topological polar surface area (TPSA) is 9.23 Å². The lowest BCUT2D eigenvalue weighted by Gasteiger charge is -2.46. The van der Waals surface area contributed by atoms with Crippen molar-refractivity contribution in [1.82, 2.24) is 0 Å². The highest BCUT2D eigenvalue weighted by Crippen LogP contribution is 2.62. The highest BCUT2D eigenvalue weighted by atomic mass is 19.3. The van der Waals surface area contributed by atoms with E-state index in [2.05, 4.69) is 4.74 Å². The van der Waals surface area contributed by atoms with E-state index in [0.29, 0.717) is 5.92 Å². The molecule has 3 fully saturated rings. The standard InChI is InChI=1S/C8H10F2O/c9-8(10)6-4-1-2-5(3-4)7(6)11-8/h4-7H,1-3H2. The average Bonchev–Trinajstić information content (AvgIpc) is 2.41. The molecule has 3 rings (SSSR count). The fourth-order valence-corrected chi connectivity index (χ4v) is 3.06. The van der Waals surface area contributed by atoms with Crippen LogP contribution in [-0.2, 0) is 4.74 Å². The Morgan fingerprint density at radius 1 is 1.18 bits per heavy atom. The first kappa shape index (κ1) is 6.35. The minimum atomic E-state index is -2.77. The Morgan fingerprint density at radius 3 is 2.45 bits per heavy atom. The van der Waals surface area contributed by atoms with Crippen LogP contribution in [0.1, 0.15) is 19.3 Å². The Labute approximate surface area is 63.7 Å². The predicted octanol–water partition coefficient (Wildman–Crippen LogP) is 2.02. The summed E-state index contributed by atoms with van der Waals surface area (Å²) in [5, 5.41) is 0. The zero-order valence-corrected chi connectivity index (χ0v) is 6.09. The van der Waals surface area contributed by atoms with Gasteiger partial charge in [-0.1, -0.05) is 0 Å². The van der Waals surface area contributed by atoms with Crippen molar-refractivity contribution < 1.29 is 13.5 Å². The lowest BCUT2D eigenvalue weighted by atomic mass is 9.81. The van der Waals surface area contributed by atoms with Gasteiger partial charge in [-0.15, -0.1) is 0 Å². The third-order valence-corrected chi connectivity index (χ3v) is 3.52. The van der Waals surface area contributed by atoms with Gasteiger partial charge in [0.05, 0.1) is 12.0 Å². The molecule has 0 radical (unpaired) electrons. The summed E-state index contributed by atoms with van der Waals surface area (Å²) in [6.07, 6.45) is 0.256. The summed E-state index contributed by atoms with van der Waals surface area (Å²) in [6.45, 7) is 0. The van der Waals surface area contributed by atoms with Crippen molar-refractivity contribution in [1.29, 1.82) is 0 Å². The zero-order valence-electron chi connectivity index (χ0n) is 6.09. The Hall–Kier alpha value is -0.180. The summed E-state index contributed by atoms with van der Waals surface area (Å²) in [5.41, 5.74) is 0. The Bertz CT molecular complexity index is 202. The molecule has 0 spiro atoms. The van der Waals surface area contributed by atoms with Crippen LogP contribution < -0.4 is 0 Å². The van der Waals surface area contributed by atoms with Crippen molar-refractivity contribution in [3.05, 3.63) is 0 Å². The summed E-state index contributed by atoms with van der Waals surface area (Å²) in [4.78, 5) is 0. The number of hydrogen-bond donors (Lipinski definition) is 0. The summed E-state index contributed by atoms with van der Waals surface area (Å²) in [5.74, 6) is 0.319. The van der Waals surface area contributed by atoms with Crippen molar-refractivity contribution in [2.45, 2.75) is 31.5 Å². The molecule has 3 heteroatoms. The van der Waals surface area contributed by atoms with E-state index in [1.54, 1.807) is 0 Å². The van der Waals surface area contributed by atoms with Gasteiger partial charge in [0, 0.05) is 0 Å². The van der Waals surface area contributed by atoms with E-state index in [1.165, 1.54) is 0 Å². The fourth-order valence-electron chi connectivity index (χ4n) is 3.06. The van der Waals surface area contributed by atoms with Crippen molar-refractivity contribution in [3.8, 4) is 0 Å². The van der Waals surface area contributed by atoms with E-state index < -0.39 is 12.0 Å². The van der Waals surface area contributed by atoms with Crippen molar-refractivity contribution in [2.75, 3.05) is 0 Å². The van der Waals surface area contributed by atoms with Crippen LogP contribution in [0.5, 0.6) is 0 Å². The quantitative estimate of drug-likeness (QED) is 0.526. The molecule has 0 amide bonds. The first-order chi connectivity index (χ1) is 5.18. The molecule has 3 aliphatic rings. The second-order valence-electron chi connectivity index (χ2n) is 4.00. The molecule has 1 aliphatic heterocycles. The number of alkyl halides is 2. The summed E-state index contributed by atoms with van der Waals surface area (Å²) < 4.78 is 30.0. The van der Waals surface area contributed by atoms with E-state index in [0.717, 1.165) is 19.3 Å². The van der Waals surface area contributed by atoms with E-state index in [1.807, 2.05) is 0 Å². The second kappa shape index (κ2) is 1.60. The highest BCUT2D eigenvalue weighted by Gasteiger charge is 2.68. The molecule has 0 N–H and O–H groups in total. The van der Waals surface area contributed by atoms with Crippen LogP contribution >= 0.6 is 0 Å². The smallest absolute Gasteiger partial charge is 0.316 e. The molecule has 1 nitrogen and oxygen atoms in total. The molecule has 2 bridgehead atoms. The Balaban J connectivity index is 1.91. The molecule has 4 unspecified atom stereocenters. The molecular formula is C8H10F2O. The van der Waals surface area contributed by atoms with Gasteiger partial charge in [-0.2, -0.15) is 8.78 Å². The van der Waals surface area contributed by atoms with Crippen molar-refractivity contribution in [3.63, 3.8) is 0 Å². The largest absolute Gasteiger partial charge is 0.361 e. The van der Waals surface area contributed by atoms with Crippen LogP contribution in [0.4, 0.5) is 8.78 Å². The van der Waals surface area contributed by atoms with E-state index in [4.69, 9.17) is 0 Å². The average molecular weight is 160 g/mol. The minimum absolute atomic E-state index is 0.0799. The highest BCUT2D eigenvalue weighted by molar-refractivity contribution is 5.06. The first-order valence-electron chi connectivity index (χ1n) is 4.24. The predicted molar refractivity (Wildman–Crippen MR) is 34.1 cm³/mol. The molecule has 4 atom stereocenters. The minimum Gasteiger partial charge on any atom is -0.316 e. The first-order valence-corrected chi connectivity index (χ1v) is 4.24. The van der Waals surface area contributed by atoms with Crippen molar-refractivity contribution >= 4 is 0 Å². The van der Waals surface area contributed by atoms with Gasteiger partial charge in [0.1, 0.15) is 0 Å². The monoisotopic (exact) mass is 160 g/mol. The van der Waals surface area contributed by atoms with Crippen LogP contribution in [0.15, 0.2) is 0 Å². The third-order valence-electron chi connectivity index (χ3n) is 3.52. The van der Waals surface area contributed by atoms with E-state index in [9.17, 15) is 8.78 Å². The maximum absolute atomic E-state index is 12.7. The molecule has 2 aliphatic carbocycles. The zero-order chi connectivity index (χ0) is 7.64. The third kappa shape index (κ3) is 0.593. The number of ether oxygens (including phenoxy) is 1. The Morgan fingerprint density at radius 2 is 1.91 bits per heavy atom. The fraction of sp³-hybridized carbons (Fsp3) is 1.00. The maximum atomic E-state index is 12.7. The normalized spacial score (nSPS) is 57.3. The molecule has 0 aromatic rings. The van der Waals surface area contributed by atoms with Gasteiger partial charge in [0.15, 0.2) is 0 Å². The van der Waals surface area contributed by atoms with Crippen molar-refractivity contribution in [2.24, 2.45) is 17.8 Å².